The van der Waals surface area contributed by atoms with Crippen LogP contribution >= 0.6 is 0 Å². The molecule has 0 fully saturated rings. The normalized spacial score (nSPS) is 12.0. The zero-order valence-corrected chi connectivity index (χ0v) is 7.01. The van der Waals surface area contributed by atoms with Gasteiger partial charge in [-0.2, -0.15) is 22.5 Å². The maximum atomic E-state index is 12.7. The predicted molar refractivity (Wildman–Crippen MR) is 39.2 cm³/mol. The Morgan fingerprint density at radius 3 is 2.47 bits per heavy atom. The summed E-state index contributed by atoms with van der Waals surface area (Å²) in [6.07, 6.45) is -3.66. The number of alkyl halides is 3. The van der Waals surface area contributed by atoms with Crippen molar-refractivity contribution in [2.75, 3.05) is 0 Å². The van der Waals surface area contributed by atoms with E-state index in [1.807, 2.05) is 0 Å². The maximum Gasteiger partial charge on any atom is 0.439 e. The van der Waals surface area contributed by atoms with E-state index < -0.39 is 23.8 Å². The number of halogens is 4. The minimum absolute atomic E-state index is 0.0654. The topological polar surface area (TPSA) is 39.2 Å². The summed E-state index contributed by atoms with van der Waals surface area (Å²) in [4.78, 5) is 2.96. The molecule has 0 aromatic carbocycles. The van der Waals surface area contributed by atoms with Gasteiger partial charge in [-0.05, 0) is 12.1 Å². The monoisotopic (exact) mass is 221 g/mol. The first-order chi connectivity index (χ1) is 6.98. The summed E-state index contributed by atoms with van der Waals surface area (Å²) < 4.78 is 57.9. The van der Waals surface area contributed by atoms with Crippen LogP contribution in [0.5, 0.6) is 0 Å². The molecule has 0 radical (unpaired) electrons. The van der Waals surface area contributed by atoms with Crippen molar-refractivity contribution in [1.82, 2.24) is 4.98 Å². The van der Waals surface area contributed by atoms with Crippen LogP contribution in [0.15, 0.2) is 27.2 Å². The van der Waals surface area contributed by atoms with Crippen LogP contribution in [0, 0.1) is 6.01 Å². The third-order valence-corrected chi connectivity index (χ3v) is 1.59. The highest BCUT2D eigenvalue weighted by Gasteiger charge is 2.40. The molecule has 2 heterocycles. The van der Waals surface area contributed by atoms with Crippen LogP contribution in [0.25, 0.3) is 11.7 Å². The van der Waals surface area contributed by atoms with Crippen molar-refractivity contribution in [1.29, 1.82) is 0 Å². The lowest BCUT2D eigenvalue weighted by atomic mass is 10.4. The molecule has 2 rings (SSSR count). The zero-order chi connectivity index (χ0) is 11.1. The summed E-state index contributed by atoms with van der Waals surface area (Å²) in [7, 11) is 0. The second kappa shape index (κ2) is 3.11. The van der Waals surface area contributed by atoms with E-state index in [4.69, 9.17) is 4.42 Å². The Balaban J connectivity index is 2.47. The molecule has 0 aliphatic heterocycles. The average Bonchev–Trinajstić information content (AvgIpc) is 2.68. The summed E-state index contributed by atoms with van der Waals surface area (Å²) >= 11 is 0. The molecule has 0 unspecified atom stereocenters. The number of hydrogen-bond donors (Lipinski definition) is 0. The largest absolute Gasteiger partial charge is 0.459 e. The van der Waals surface area contributed by atoms with Crippen LogP contribution in [0.2, 0.25) is 0 Å². The summed E-state index contributed by atoms with van der Waals surface area (Å²) in [5, 5.41) is 0. The maximum absolute atomic E-state index is 12.7. The summed E-state index contributed by atoms with van der Waals surface area (Å²) in [6.45, 7) is 0. The number of aromatic nitrogens is 1. The standard InChI is InChI=1S/C8H3F4NO2/c9-6-5(8(10,11)12)13-7(15-6)4-2-1-3-14-4/h1-3H. The Labute approximate surface area is 80.3 Å². The smallest absolute Gasteiger partial charge is 0.439 e. The SMILES string of the molecule is Fc1oc(-c2ccco2)nc1C(F)(F)F. The highest BCUT2D eigenvalue weighted by molar-refractivity contribution is 5.44. The van der Waals surface area contributed by atoms with E-state index in [0.29, 0.717) is 0 Å². The van der Waals surface area contributed by atoms with E-state index in [0.717, 1.165) is 0 Å². The van der Waals surface area contributed by atoms with E-state index in [1.165, 1.54) is 18.4 Å². The quantitative estimate of drug-likeness (QED) is 0.694. The predicted octanol–water partition coefficient (Wildman–Crippen LogP) is 3.09. The molecule has 2 aromatic rings. The van der Waals surface area contributed by atoms with Gasteiger partial charge in [-0.1, -0.05) is 0 Å². The number of nitrogens with zero attached hydrogens (tertiary/aromatic N) is 1. The number of rotatable bonds is 1. The van der Waals surface area contributed by atoms with E-state index in [-0.39, 0.29) is 5.76 Å². The lowest BCUT2D eigenvalue weighted by Gasteiger charge is -1.98. The van der Waals surface area contributed by atoms with Gasteiger partial charge < -0.3 is 8.83 Å². The van der Waals surface area contributed by atoms with Crippen LogP contribution < -0.4 is 0 Å². The minimum Gasteiger partial charge on any atom is -0.459 e. The van der Waals surface area contributed by atoms with Gasteiger partial charge in [0.1, 0.15) is 0 Å². The van der Waals surface area contributed by atoms with Crippen LogP contribution in [0.3, 0.4) is 0 Å². The molecule has 0 bridgehead atoms. The van der Waals surface area contributed by atoms with Gasteiger partial charge in [0.2, 0.25) is 5.69 Å². The second-order valence-corrected chi connectivity index (χ2v) is 2.62. The molecular weight excluding hydrogens is 218 g/mol. The lowest BCUT2D eigenvalue weighted by Crippen LogP contribution is -2.07. The van der Waals surface area contributed by atoms with Crippen molar-refractivity contribution in [3.63, 3.8) is 0 Å². The van der Waals surface area contributed by atoms with Crippen LogP contribution in [-0.4, -0.2) is 4.98 Å². The molecule has 3 nitrogen and oxygen atoms in total. The average molecular weight is 221 g/mol. The molecule has 0 atom stereocenters. The Kier molecular flexibility index (Phi) is 2.02. The first-order valence-electron chi connectivity index (χ1n) is 3.76. The molecule has 0 N–H and O–H groups in total. The number of oxazole rings is 1. The molecule has 0 amide bonds. The first-order valence-corrected chi connectivity index (χ1v) is 3.76. The third kappa shape index (κ3) is 1.72. The highest BCUT2D eigenvalue weighted by Crippen LogP contribution is 2.33. The molecule has 7 heteroatoms. The van der Waals surface area contributed by atoms with Gasteiger partial charge in [0.25, 0.3) is 5.89 Å². The lowest BCUT2D eigenvalue weighted by molar-refractivity contribution is -0.144. The van der Waals surface area contributed by atoms with Crippen LogP contribution in [0.1, 0.15) is 5.69 Å². The fourth-order valence-electron chi connectivity index (χ4n) is 0.982. The summed E-state index contributed by atoms with van der Waals surface area (Å²) in [5.74, 6) is -0.603. The molecule has 0 spiro atoms. The molecular formula is C8H3F4NO2. The molecule has 0 saturated carbocycles. The Morgan fingerprint density at radius 2 is 2.00 bits per heavy atom. The second-order valence-electron chi connectivity index (χ2n) is 2.62. The third-order valence-electron chi connectivity index (χ3n) is 1.59. The highest BCUT2D eigenvalue weighted by atomic mass is 19.4. The van der Waals surface area contributed by atoms with Crippen molar-refractivity contribution in [3.8, 4) is 11.7 Å². The molecule has 0 aliphatic rings. The Morgan fingerprint density at radius 1 is 1.27 bits per heavy atom. The van der Waals surface area contributed by atoms with Crippen molar-refractivity contribution >= 4 is 0 Å². The molecule has 0 saturated heterocycles. The molecule has 15 heavy (non-hydrogen) atoms. The van der Waals surface area contributed by atoms with Crippen molar-refractivity contribution < 1.29 is 26.4 Å². The van der Waals surface area contributed by atoms with Gasteiger partial charge in [-0.3, -0.25) is 0 Å². The Hall–Kier alpha value is -1.79. The van der Waals surface area contributed by atoms with E-state index >= 15 is 0 Å². The fourth-order valence-corrected chi connectivity index (χ4v) is 0.982. The summed E-state index contributed by atoms with van der Waals surface area (Å²) in [5.41, 5.74) is -1.69. The molecule has 0 aliphatic carbocycles. The number of furan rings is 1. The van der Waals surface area contributed by atoms with Gasteiger partial charge in [0.15, 0.2) is 5.76 Å². The van der Waals surface area contributed by atoms with E-state index in [1.54, 1.807) is 0 Å². The minimum atomic E-state index is -4.88. The van der Waals surface area contributed by atoms with Gasteiger partial charge in [-0.25, -0.2) is 0 Å². The van der Waals surface area contributed by atoms with Gasteiger partial charge >= 0.3 is 12.2 Å². The first kappa shape index (κ1) is 9.75. The van der Waals surface area contributed by atoms with Crippen LogP contribution in [-0.2, 0) is 6.18 Å². The summed E-state index contributed by atoms with van der Waals surface area (Å²) in [6, 6.07) is 0.963. The van der Waals surface area contributed by atoms with Crippen molar-refractivity contribution in [2.24, 2.45) is 0 Å². The van der Waals surface area contributed by atoms with Gasteiger partial charge in [0.05, 0.1) is 6.26 Å². The fraction of sp³-hybridized carbons (Fsp3) is 0.125. The zero-order valence-electron chi connectivity index (χ0n) is 7.01. The van der Waals surface area contributed by atoms with Gasteiger partial charge in [0, 0.05) is 0 Å². The molecule has 2 aromatic heterocycles. The van der Waals surface area contributed by atoms with Crippen molar-refractivity contribution in [3.05, 3.63) is 30.1 Å². The van der Waals surface area contributed by atoms with Crippen molar-refractivity contribution in [2.45, 2.75) is 6.18 Å². The van der Waals surface area contributed by atoms with Gasteiger partial charge in [-0.15, -0.1) is 0 Å². The Bertz CT molecular complexity index is 457. The van der Waals surface area contributed by atoms with E-state index in [9.17, 15) is 17.6 Å². The van der Waals surface area contributed by atoms with Crippen LogP contribution in [0.4, 0.5) is 17.6 Å². The molecule has 80 valence electrons. The number of hydrogen-bond acceptors (Lipinski definition) is 3. The van der Waals surface area contributed by atoms with E-state index in [2.05, 4.69) is 9.40 Å².